The van der Waals surface area contributed by atoms with Crippen molar-refractivity contribution >= 4 is 7.60 Å². The molecule has 0 amide bonds. The van der Waals surface area contributed by atoms with Crippen LogP contribution in [0.4, 0.5) is 0 Å². The number of hydrogen-bond acceptors (Lipinski definition) is 5. The molecule has 6 nitrogen and oxygen atoms in total. The van der Waals surface area contributed by atoms with E-state index in [-0.39, 0.29) is 0 Å². The summed E-state index contributed by atoms with van der Waals surface area (Å²) in [4.78, 5) is 10.1. The maximum absolute atomic E-state index is 12.2. The first kappa shape index (κ1) is 13.8. The van der Waals surface area contributed by atoms with Crippen molar-refractivity contribution in [2.24, 2.45) is 0 Å². The molecule has 0 aromatic heterocycles. The van der Waals surface area contributed by atoms with Gasteiger partial charge in [0.1, 0.15) is 0 Å². The minimum absolute atomic E-state index is 0.497. The molecule has 0 fully saturated rings. The summed E-state index contributed by atoms with van der Waals surface area (Å²) in [7, 11) is -1.06. The Morgan fingerprint density at radius 3 is 2.24 bits per heavy atom. The summed E-state index contributed by atoms with van der Waals surface area (Å²) < 4.78 is 21.9. The van der Waals surface area contributed by atoms with E-state index in [2.05, 4.69) is 0 Å². The second-order valence-corrected chi connectivity index (χ2v) is 5.78. The van der Waals surface area contributed by atoms with Crippen molar-refractivity contribution in [2.45, 2.75) is 5.66 Å². The Morgan fingerprint density at radius 2 is 1.82 bits per heavy atom. The van der Waals surface area contributed by atoms with Gasteiger partial charge in [-0.3, -0.25) is 14.7 Å². The molecule has 0 radical (unpaired) electrons. The third kappa shape index (κ3) is 3.36. The minimum atomic E-state index is -3.51. The molecule has 0 saturated carbocycles. The van der Waals surface area contributed by atoms with Crippen LogP contribution in [0, 0.1) is 10.1 Å². The minimum Gasteiger partial charge on any atom is -0.311 e. The third-order valence-electron chi connectivity index (χ3n) is 2.40. The van der Waals surface area contributed by atoms with Crippen LogP contribution >= 0.6 is 7.60 Å². The zero-order valence-electron chi connectivity index (χ0n) is 9.61. The lowest BCUT2D eigenvalue weighted by atomic mass is 10.1. The highest BCUT2D eigenvalue weighted by Crippen LogP contribution is 2.59. The van der Waals surface area contributed by atoms with Gasteiger partial charge in [-0.15, -0.1) is 0 Å². The van der Waals surface area contributed by atoms with E-state index in [0.29, 0.717) is 5.56 Å². The first-order valence-electron chi connectivity index (χ1n) is 4.91. The first-order chi connectivity index (χ1) is 8.03. The maximum atomic E-state index is 12.2. The van der Waals surface area contributed by atoms with E-state index in [1.165, 1.54) is 14.2 Å². The van der Waals surface area contributed by atoms with E-state index in [1.54, 1.807) is 30.3 Å². The molecule has 0 unspecified atom stereocenters. The Bertz CT molecular complexity index is 414. The van der Waals surface area contributed by atoms with E-state index in [9.17, 15) is 14.7 Å². The van der Waals surface area contributed by atoms with Crippen molar-refractivity contribution in [3.05, 3.63) is 46.0 Å². The lowest BCUT2D eigenvalue weighted by Crippen LogP contribution is -2.14. The Kier molecular flexibility index (Phi) is 4.81. The van der Waals surface area contributed by atoms with E-state index >= 15 is 0 Å². The second kappa shape index (κ2) is 5.91. The molecular formula is C10H14NO5P. The van der Waals surface area contributed by atoms with E-state index in [4.69, 9.17) is 9.05 Å². The number of nitro groups is 1. The van der Waals surface area contributed by atoms with Crippen molar-refractivity contribution in [1.29, 1.82) is 0 Å². The average Bonchev–Trinajstić information content (AvgIpc) is 2.36. The second-order valence-electron chi connectivity index (χ2n) is 3.35. The van der Waals surface area contributed by atoms with Crippen LogP contribution in [0.3, 0.4) is 0 Å². The largest absolute Gasteiger partial charge is 0.344 e. The highest BCUT2D eigenvalue weighted by molar-refractivity contribution is 7.54. The van der Waals surface area contributed by atoms with Gasteiger partial charge < -0.3 is 9.05 Å². The van der Waals surface area contributed by atoms with Gasteiger partial charge in [-0.05, 0) is 5.56 Å². The zero-order valence-corrected chi connectivity index (χ0v) is 10.5. The van der Waals surface area contributed by atoms with Crippen molar-refractivity contribution in [3.8, 4) is 0 Å². The molecule has 0 aliphatic carbocycles. The summed E-state index contributed by atoms with van der Waals surface area (Å²) >= 11 is 0. The van der Waals surface area contributed by atoms with Crippen LogP contribution in [0.15, 0.2) is 30.3 Å². The summed E-state index contributed by atoms with van der Waals surface area (Å²) in [6.45, 7) is -0.497. The van der Waals surface area contributed by atoms with Gasteiger partial charge in [0.2, 0.25) is 6.54 Å². The van der Waals surface area contributed by atoms with Gasteiger partial charge in [-0.25, -0.2) is 0 Å². The molecule has 7 heteroatoms. The highest BCUT2D eigenvalue weighted by atomic mass is 31.2. The smallest absolute Gasteiger partial charge is 0.311 e. The Morgan fingerprint density at radius 1 is 1.29 bits per heavy atom. The number of benzene rings is 1. The fraction of sp³-hybridized carbons (Fsp3) is 0.400. The van der Waals surface area contributed by atoms with Crippen LogP contribution in [-0.4, -0.2) is 25.7 Å². The first-order valence-corrected chi connectivity index (χ1v) is 6.52. The Labute approximate surface area is 99.2 Å². The van der Waals surface area contributed by atoms with Gasteiger partial charge in [0.25, 0.3) is 0 Å². The molecular weight excluding hydrogens is 245 g/mol. The normalized spacial score (nSPS) is 13.3. The molecule has 17 heavy (non-hydrogen) atoms. The molecule has 1 aromatic carbocycles. The molecule has 0 heterocycles. The van der Waals surface area contributed by atoms with Crippen LogP contribution in [0.5, 0.6) is 0 Å². The highest BCUT2D eigenvalue weighted by Gasteiger charge is 2.39. The van der Waals surface area contributed by atoms with Crippen molar-refractivity contribution in [1.82, 2.24) is 0 Å². The van der Waals surface area contributed by atoms with Gasteiger partial charge >= 0.3 is 7.60 Å². The molecule has 0 N–H and O–H groups in total. The van der Waals surface area contributed by atoms with Gasteiger partial charge in [0.15, 0.2) is 5.66 Å². The summed E-state index contributed by atoms with van der Waals surface area (Å²) in [5.41, 5.74) is -0.329. The third-order valence-corrected chi connectivity index (χ3v) is 4.64. The summed E-state index contributed by atoms with van der Waals surface area (Å²) in [5, 5.41) is 10.6. The molecule has 0 aliphatic heterocycles. The van der Waals surface area contributed by atoms with E-state index in [0.717, 1.165) is 0 Å². The molecule has 0 bridgehead atoms. The lowest BCUT2D eigenvalue weighted by Gasteiger charge is -2.21. The summed E-state index contributed by atoms with van der Waals surface area (Å²) in [5.74, 6) is 0. The standard InChI is InChI=1S/C10H14NO5P/c1-15-17(14,16-2)10(8-11(12)13)9-6-4-3-5-7-9/h3-7,10H,8H2,1-2H3/t10-/m1/s1. The molecule has 0 aliphatic rings. The lowest BCUT2D eigenvalue weighted by molar-refractivity contribution is -0.480. The van der Waals surface area contributed by atoms with Crippen LogP contribution in [0.1, 0.15) is 11.2 Å². The predicted octanol–water partition coefficient (Wildman–Crippen LogP) is 2.49. The predicted molar refractivity (Wildman–Crippen MR) is 62.7 cm³/mol. The van der Waals surface area contributed by atoms with Crippen LogP contribution < -0.4 is 0 Å². The van der Waals surface area contributed by atoms with Crippen molar-refractivity contribution < 1.29 is 18.5 Å². The summed E-state index contributed by atoms with van der Waals surface area (Å²) in [6, 6.07) is 8.55. The van der Waals surface area contributed by atoms with Gasteiger partial charge in [0, 0.05) is 19.1 Å². The fourth-order valence-electron chi connectivity index (χ4n) is 1.53. The molecule has 94 valence electrons. The number of hydrogen-bond donors (Lipinski definition) is 0. The van der Waals surface area contributed by atoms with Gasteiger partial charge in [-0.1, -0.05) is 30.3 Å². The average molecular weight is 259 g/mol. The van der Waals surface area contributed by atoms with E-state index < -0.39 is 24.7 Å². The van der Waals surface area contributed by atoms with Crippen molar-refractivity contribution in [2.75, 3.05) is 20.8 Å². The van der Waals surface area contributed by atoms with E-state index in [1.807, 2.05) is 0 Å². The molecule has 1 aromatic rings. The number of rotatable bonds is 6. The molecule has 1 atom stereocenters. The quantitative estimate of drug-likeness (QED) is 0.445. The fourth-order valence-corrected chi connectivity index (χ4v) is 3.06. The topological polar surface area (TPSA) is 78.7 Å². The van der Waals surface area contributed by atoms with Crippen LogP contribution in [0.25, 0.3) is 0 Å². The Hall–Kier alpha value is -1.23. The number of nitrogens with zero attached hydrogens (tertiary/aromatic N) is 1. The zero-order chi connectivity index (χ0) is 12.9. The summed E-state index contributed by atoms with van der Waals surface area (Å²) in [6.07, 6.45) is 0. The molecule has 1 rings (SSSR count). The van der Waals surface area contributed by atoms with Crippen molar-refractivity contribution in [3.63, 3.8) is 0 Å². The van der Waals surface area contributed by atoms with Gasteiger partial charge in [0.05, 0.1) is 0 Å². The maximum Gasteiger partial charge on any atom is 0.344 e. The molecule has 0 spiro atoms. The SMILES string of the molecule is COP(=O)(OC)[C@H](C[N+](=O)[O-])c1ccccc1. The molecule has 0 saturated heterocycles. The van der Waals surface area contributed by atoms with Crippen LogP contribution in [0.2, 0.25) is 0 Å². The van der Waals surface area contributed by atoms with Crippen LogP contribution in [-0.2, 0) is 13.6 Å². The monoisotopic (exact) mass is 259 g/mol. The van der Waals surface area contributed by atoms with Gasteiger partial charge in [-0.2, -0.15) is 0 Å². The Balaban J connectivity index is 3.12.